The number of nitrogens with zero attached hydrogens (tertiary/aromatic N) is 3. The third kappa shape index (κ3) is 3.25. The summed E-state index contributed by atoms with van der Waals surface area (Å²) >= 11 is 1.50. The molecule has 0 fully saturated rings. The van der Waals surface area contributed by atoms with Gasteiger partial charge in [0, 0.05) is 29.0 Å². The second kappa shape index (κ2) is 5.25. The maximum Gasteiger partial charge on any atom is 0.192 e. The Bertz CT molecular complexity index is 496. The highest BCUT2D eigenvalue weighted by atomic mass is 32.2. The highest BCUT2D eigenvalue weighted by Crippen LogP contribution is 2.24. The smallest absolute Gasteiger partial charge is 0.192 e. The van der Waals surface area contributed by atoms with Crippen LogP contribution in [0.4, 0.5) is 0 Å². The van der Waals surface area contributed by atoms with Crippen LogP contribution >= 0.6 is 11.8 Å². The van der Waals surface area contributed by atoms with Crippen molar-refractivity contribution in [2.24, 2.45) is 5.73 Å². The standard InChI is InChI=1S/C12H14N4S/c1-8-5-6-14-12(16-8)17-10-3-4-11(9(2)13)15-7-10/h3-7,9H,13H2,1-2H3/t9-/m0/s1. The van der Waals surface area contributed by atoms with Crippen molar-refractivity contribution in [3.05, 3.63) is 42.0 Å². The summed E-state index contributed by atoms with van der Waals surface area (Å²) in [6.07, 6.45) is 3.56. The van der Waals surface area contributed by atoms with E-state index in [-0.39, 0.29) is 6.04 Å². The first kappa shape index (κ1) is 12.0. The Morgan fingerprint density at radius 1 is 1.24 bits per heavy atom. The van der Waals surface area contributed by atoms with Crippen LogP contribution in [0.5, 0.6) is 0 Å². The number of hydrogen-bond donors (Lipinski definition) is 1. The molecule has 4 nitrogen and oxygen atoms in total. The quantitative estimate of drug-likeness (QED) is 0.842. The highest BCUT2D eigenvalue weighted by molar-refractivity contribution is 7.99. The van der Waals surface area contributed by atoms with E-state index in [0.29, 0.717) is 0 Å². The summed E-state index contributed by atoms with van der Waals surface area (Å²) in [6.45, 7) is 3.86. The Labute approximate surface area is 105 Å². The lowest BCUT2D eigenvalue weighted by molar-refractivity contribution is 0.777. The van der Waals surface area contributed by atoms with E-state index in [0.717, 1.165) is 21.4 Å². The average molecular weight is 246 g/mol. The van der Waals surface area contributed by atoms with Crippen LogP contribution in [-0.2, 0) is 0 Å². The van der Waals surface area contributed by atoms with Crippen LogP contribution in [0.25, 0.3) is 0 Å². The number of pyridine rings is 1. The van der Waals surface area contributed by atoms with Gasteiger partial charge in [0.2, 0.25) is 0 Å². The van der Waals surface area contributed by atoms with Crippen molar-refractivity contribution in [2.75, 3.05) is 0 Å². The van der Waals surface area contributed by atoms with Crippen LogP contribution in [0.15, 0.2) is 40.6 Å². The zero-order chi connectivity index (χ0) is 12.3. The van der Waals surface area contributed by atoms with Crippen molar-refractivity contribution >= 4 is 11.8 Å². The lowest BCUT2D eigenvalue weighted by Crippen LogP contribution is -2.06. The molecule has 1 atom stereocenters. The van der Waals surface area contributed by atoms with E-state index in [1.54, 1.807) is 12.4 Å². The van der Waals surface area contributed by atoms with Crippen molar-refractivity contribution in [2.45, 2.75) is 29.9 Å². The summed E-state index contributed by atoms with van der Waals surface area (Å²) in [5, 5.41) is 0.736. The Kier molecular flexibility index (Phi) is 3.71. The Balaban J connectivity index is 2.14. The fourth-order valence-electron chi connectivity index (χ4n) is 1.30. The molecule has 0 aliphatic carbocycles. The molecule has 17 heavy (non-hydrogen) atoms. The molecule has 0 aliphatic rings. The van der Waals surface area contributed by atoms with Gasteiger partial charge < -0.3 is 5.73 Å². The van der Waals surface area contributed by atoms with Crippen molar-refractivity contribution < 1.29 is 0 Å². The van der Waals surface area contributed by atoms with Crippen LogP contribution in [-0.4, -0.2) is 15.0 Å². The molecule has 2 N–H and O–H groups in total. The van der Waals surface area contributed by atoms with Crippen LogP contribution < -0.4 is 5.73 Å². The zero-order valence-electron chi connectivity index (χ0n) is 9.79. The lowest BCUT2D eigenvalue weighted by atomic mass is 10.2. The minimum atomic E-state index is -0.0377. The second-order valence-corrected chi connectivity index (χ2v) is 4.83. The normalized spacial score (nSPS) is 12.4. The van der Waals surface area contributed by atoms with E-state index in [1.807, 2.05) is 32.0 Å². The average Bonchev–Trinajstić information content (AvgIpc) is 2.29. The van der Waals surface area contributed by atoms with Gasteiger partial charge in [0.05, 0.1) is 5.69 Å². The maximum absolute atomic E-state index is 5.74. The van der Waals surface area contributed by atoms with E-state index < -0.39 is 0 Å². The van der Waals surface area contributed by atoms with Gasteiger partial charge in [0.15, 0.2) is 5.16 Å². The number of rotatable bonds is 3. The topological polar surface area (TPSA) is 64.7 Å². The minimum Gasteiger partial charge on any atom is -0.323 e. The summed E-state index contributed by atoms with van der Waals surface area (Å²) in [6, 6.07) is 5.76. The molecule has 0 saturated carbocycles. The van der Waals surface area contributed by atoms with Gasteiger partial charge >= 0.3 is 0 Å². The minimum absolute atomic E-state index is 0.0377. The van der Waals surface area contributed by atoms with Gasteiger partial charge in [0.25, 0.3) is 0 Å². The predicted octanol–water partition coefficient (Wildman–Crippen LogP) is 2.35. The van der Waals surface area contributed by atoms with Gasteiger partial charge in [-0.3, -0.25) is 4.98 Å². The zero-order valence-corrected chi connectivity index (χ0v) is 10.6. The van der Waals surface area contributed by atoms with Crippen LogP contribution in [0.3, 0.4) is 0 Å². The monoisotopic (exact) mass is 246 g/mol. The molecular weight excluding hydrogens is 232 g/mol. The number of aromatic nitrogens is 3. The molecule has 0 spiro atoms. The largest absolute Gasteiger partial charge is 0.323 e. The summed E-state index contributed by atoms with van der Waals surface area (Å²) in [5.41, 5.74) is 7.59. The molecule has 88 valence electrons. The third-order valence-electron chi connectivity index (χ3n) is 2.21. The number of aryl methyl sites for hydroxylation is 1. The SMILES string of the molecule is Cc1ccnc(Sc2ccc([C@H](C)N)nc2)n1. The molecule has 0 amide bonds. The Morgan fingerprint density at radius 3 is 2.65 bits per heavy atom. The Hall–Kier alpha value is -1.46. The molecule has 2 aromatic heterocycles. The summed E-state index contributed by atoms with van der Waals surface area (Å²) in [7, 11) is 0. The van der Waals surface area contributed by atoms with Gasteiger partial charge in [-0.15, -0.1) is 0 Å². The summed E-state index contributed by atoms with van der Waals surface area (Å²) in [5.74, 6) is 0. The second-order valence-electron chi connectivity index (χ2n) is 3.79. The first-order valence-electron chi connectivity index (χ1n) is 5.34. The molecule has 2 heterocycles. The first-order chi connectivity index (χ1) is 8.15. The van der Waals surface area contributed by atoms with Gasteiger partial charge in [0.1, 0.15) is 0 Å². The lowest BCUT2D eigenvalue weighted by Gasteiger charge is -2.05. The van der Waals surface area contributed by atoms with Gasteiger partial charge in [-0.05, 0) is 43.8 Å². The van der Waals surface area contributed by atoms with Crippen LogP contribution in [0, 0.1) is 6.92 Å². The van der Waals surface area contributed by atoms with Crippen molar-refractivity contribution in [3.63, 3.8) is 0 Å². The molecule has 2 rings (SSSR count). The Morgan fingerprint density at radius 2 is 2.06 bits per heavy atom. The van der Waals surface area contributed by atoms with E-state index in [9.17, 15) is 0 Å². The third-order valence-corrected chi connectivity index (χ3v) is 3.06. The summed E-state index contributed by atoms with van der Waals surface area (Å²) < 4.78 is 0. The first-order valence-corrected chi connectivity index (χ1v) is 6.16. The van der Waals surface area contributed by atoms with Crippen LogP contribution in [0.1, 0.15) is 24.4 Å². The fraction of sp³-hybridized carbons (Fsp3) is 0.250. The van der Waals surface area contributed by atoms with E-state index in [4.69, 9.17) is 5.73 Å². The van der Waals surface area contributed by atoms with Gasteiger partial charge in [-0.1, -0.05) is 0 Å². The highest BCUT2D eigenvalue weighted by Gasteiger charge is 2.03. The fourth-order valence-corrected chi connectivity index (χ4v) is 2.06. The summed E-state index contributed by atoms with van der Waals surface area (Å²) in [4.78, 5) is 13.8. The number of nitrogens with two attached hydrogens (primary N) is 1. The molecule has 0 bridgehead atoms. The molecular formula is C12H14N4S. The van der Waals surface area contributed by atoms with Gasteiger partial charge in [-0.25, -0.2) is 9.97 Å². The van der Waals surface area contributed by atoms with E-state index in [1.165, 1.54) is 11.8 Å². The molecule has 0 saturated heterocycles. The van der Waals surface area contributed by atoms with Crippen molar-refractivity contribution in [1.29, 1.82) is 0 Å². The number of hydrogen-bond acceptors (Lipinski definition) is 5. The predicted molar refractivity (Wildman–Crippen MR) is 67.7 cm³/mol. The van der Waals surface area contributed by atoms with Crippen LogP contribution in [0.2, 0.25) is 0 Å². The molecule has 0 aromatic carbocycles. The van der Waals surface area contributed by atoms with E-state index >= 15 is 0 Å². The maximum atomic E-state index is 5.74. The molecule has 0 radical (unpaired) electrons. The molecule has 0 aliphatic heterocycles. The molecule has 5 heteroatoms. The van der Waals surface area contributed by atoms with Gasteiger partial charge in [-0.2, -0.15) is 0 Å². The van der Waals surface area contributed by atoms with Crippen molar-refractivity contribution in [1.82, 2.24) is 15.0 Å². The molecule has 2 aromatic rings. The van der Waals surface area contributed by atoms with Crippen molar-refractivity contribution in [3.8, 4) is 0 Å². The van der Waals surface area contributed by atoms with E-state index in [2.05, 4.69) is 15.0 Å². The molecule has 0 unspecified atom stereocenters.